The second-order valence-corrected chi connectivity index (χ2v) is 5.88. The molecule has 1 aromatic carbocycles. The predicted octanol–water partition coefficient (Wildman–Crippen LogP) is 3.45. The summed E-state index contributed by atoms with van der Waals surface area (Å²) in [6, 6.07) is 8.63. The smallest absolute Gasteiger partial charge is 0.138 e. The van der Waals surface area contributed by atoms with Crippen molar-refractivity contribution >= 4 is 11.0 Å². The van der Waals surface area contributed by atoms with Crippen LogP contribution in [-0.4, -0.2) is 30.2 Å². The Hall–Kier alpha value is -2.40. The predicted molar refractivity (Wildman–Crippen MR) is 88.3 cm³/mol. The normalized spacial score (nSPS) is 17.7. The summed E-state index contributed by atoms with van der Waals surface area (Å²) in [4.78, 5) is 7.84. The van der Waals surface area contributed by atoms with E-state index in [9.17, 15) is 4.39 Å². The van der Waals surface area contributed by atoms with Crippen molar-refractivity contribution in [3.8, 4) is 16.9 Å². The molecular weight excluding hydrogens is 293 g/mol. The Morgan fingerprint density at radius 3 is 2.91 bits per heavy atom. The highest BCUT2D eigenvalue weighted by atomic mass is 19.1. The van der Waals surface area contributed by atoms with Crippen LogP contribution in [0.2, 0.25) is 0 Å². The number of rotatable bonds is 3. The summed E-state index contributed by atoms with van der Waals surface area (Å²) < 4.78 is 19.1. The molecule has 1 saturated heterocycles. The number of fused-ring (bicyclic) bond motifs is 1. The SMILES string of the molecule is COc1ccc(F)cc1-c1ccnc2[nH]c([C@H]3CCNC3)cc12. The van der Waals surface area contributed by atoms with Gasteiger partial charge in [0.25, 0.3) is 0 Å². The average molecular weight is 311 g/mol. The molecule has 4 nitrogen and oxygen atoms in total. The first-order valence-electron chi connectivity index (χ1n) is 7.78. The van der Waals surface area contributed by atoms with E-state index in [1.165, 1.54) is 17.8 Å². The number of ether oxygens (including phenoxy) is 1. The number of hydrogen-bond donors (Lipinski definition) is 2. The first-order chi connectivity index (χ1) is 11.3. The van der Waals surface area contributed by atoms with Gasteiger partial charge in [-0.05, 0) is 48.9 Å². The van der Waals surface area contributed by atoms with Crippen molar-refractivity contribution in [1.82, 2.24) is 15.3 Å². The van der Waals surface area contributed by atoms with E-state index >= 15 is 0 Å². The molecule has 1 fully saturated rings. The Labute approximate surface area is 133 Å². The van der Waals surface area contributed by atoms with Crippen LogP contribution in [0.4, 0.5) is 4.39 Å². The summed E-state index contributed by atoms with van der Waals surface area (Å²) in [5.41, 5.74) is 3.69. The van der Waals surface area contributed by atoms with E-state index in [1.807, 2.05) is 6.07 Å². The van der Waals surface area contributed by atoms with Gasteiger partial charge in [0.15, 0.2) is 0 Å². The van der Waals surface area contributed by atoms with Crippen molar-refractivity contribution in [2.24, 2.45) is 0 Å². The number of aromatic nitrogens is 2. The molecule has 2 N–H and O–H groups in total. The van der Waals surface area contributed by atoms with Gasteiger partial charge >= 0.3 is 0 Å². The minimum absolute atomic E-state index is 0.276. The summed E-state index contributed by atoms with van der Waals surface area (Å²) >= 11 is 0. The number of hydrogen-bond acceptors (Lipinski definition) is 3. The zero-order valence-electron chi connectivity index (χ0n) is 12.9. The van der Waals surface area contributed by atoms with Gasteiger partial charge < -0.3 is 15.0 Å². The minimum Gasteiger partial charge on any atom is -0.496 e. The molecule has 4 rings (SSSR count). The molecule has 0 bridgehead atoms. The van der Waals surface area contributed by atoms with Crippen LogP contribution in [-0.2, 0) is 0 Å². The maximum atomic E-state index is 13.7. The monoisotopic (exact) mass is 311 g/mol. The molecule has 0 saturated carbocycles. The Morgan fingerprint density at radius 2 is 2.13 bits per heavy atom. The molecule has 2 aromatic heterocycles. The molecule has 0 unspecified atom stereocenters. The zero-order valence-corrected chi connectivity index (χ0v) is 12.9. The molecule has 3 heterocycles. The third-order valence-electron chi connectivity index (χ3n) is 4.50. The van der Waals surface area contributed by atoms with Gasteiger partial charge in [-0.3, -0.25) is 0 Å². The van der Waals surface area contributed by atoms with Crippen LogP contribution in [0.3, 0.4) is 0 Å². The Bertz CT molecular complexity index is 853. The molecule has 118 valence electrons. The third-order valence-corrected chi connectivity index (χ3v) is 4.50. The number of aromatic amines is 1. The van der Waals surface area contributed by atoms with E-state index < -0.39 is 0 Å². The van der Waals surface area contributed by atoms with Crippen molar-refractivity contribution < 1.29 is 9.13 Å². The fraction of sp³-hybridized carbons (Fsp3) is 0.278. The van der Waals surface area contributed by atoms with Crippen molar-refractivity contribution in [3.05, 3.63) is 48.0 Å². The molecule has 0 spiro atoms. The van der Waals surface area contributed by atoms with Crippen molar-refractivity contribution in [2.45, 2.75) is 12.3 Å². The average Bonchev–Trinajstić information content (AvgIpc) is 3.23. The molecule has 1 aliphatic rings. The number of halogens is 1. The second-order valence-electron chi connectivity index (χ2n) is 5.88. The van der Waals surface area contributed by atoms with Crippen LogP contribution in [0.5, 0.6) is 5.75 Å². The second kappa shape index (κ2) is 5.66. The quantitative estimate of drug-likeness (QED) is 0.779. The van der Waals surface area contributed by atoms with Crippen LogP contribution in [0.15, 0.2) is 36.5 Å². The van der Waals surface area contributed by atoms with E-state index in [1.54, 1.807) is 19.4 Å². The lowest BCUT2D eigenvalue weighted by atomic mass is 10.0. The lowest BCUT2D eigenvalue weighted by Crippen LogP contribution is -2.07. The van der Waals surface area contributed by atoms with Crippen LogP contribution >= 0.6 is 0 Å². The lowest BCUT2D eigenvalue weighted by molar-refractivity contribution is 0.415. The van der Waals surface area contributed by atoms with E-state index in [2.05, 4.69) is 21.4 Å². The Kier molecular flexibility index (Phi) is 3.50. The van der Waals surface area contributed by atoms with E-state index in [-0.39, 0.29) is 5.82 Å². The molecule has 1 atom stereocenters. The maximum Gasteiger partial charge on any atom is 0.138 e. The highest BCUT2D eigenvalue weighted by molar-refractivity contribution is 5.95. The summed E-state index contributed by atoms with van der Waals surface area (Å²) in [5.74, 6) is 0.858. The van der Waals surface area contributed by atoms with E-state index in [0.717, 1.165) is 41.7 Å². The van der Waals surface area contributed by atoms with Crippen LogP contribution in [0, 0.1) is 5.82 Å². The van der Waals surface area contributed by atoms with Crippen molar-refractivity contribution in [1.29, 1.82) is 0 Å². The number of nitrogens with zero attached hydrogens (tertiary/aromatic N) is 1. The fourth-order valence-electron chi connectivity index (χ4n) is 3.31. The van der Waals surface area contributed by atoms with Crippen molar-refractivity contribution in [3.63, 3.8) is 0 Å². The van der Waals surface area contributed by atoms with Gasteiger partial charge in [-0.15, -0.1) is 0 Å². The summed E-state index contributed by atoms with van der Waals surface area (Å²) in [6.45, 7) is 2.02. The van der Waals surface area contributed by atoms with Gasteiger partial charge in [-0.1, -0.05) is 0 Å². The molecule has 0 aliphatic carbocycles. The van der Waals surface area contributed by atoms with Gasteiger partial charge in [-0.25, -0.2) is 9.37 Å². The lowest BCUT2D eigenvalue weighted by Gasteiger charge is -2.09. The van der Waals surface area contributed by atoms with Gasteiger partial charge in [0.05, 0.1) is 7.11 Å². The van der Waals surface area contributed by atoms with Crippen LogP contribution in [0.25, 0.3) is 22.2 Å². The fourth-order valence-corrected chi connectivity index (χ4v) is 3.31. The highest BCUT2D eigenvalue weighted by Gasteiger charge is 2.20. The molecule has 23 heavy (non-hydrogen) atoms. The van der Waals surface area contributed by atoms with Gasteiger partial charge in [0.2, 0.25) is 0 Å². The number of nitrogens with one attached hydrogen (secondary N) is 2. The number of H-pyrrole nitrogens is 1. The van der Waals surface area contributed by atoms with Crippen molar-refractivity contribution in [2.75, 3.05) is 20.2 Å². The van der Waals surface area contributed by atoms with Crippen LogP contribution in [0.1, 0.15) is 18.0 Å². The minimum atomic E-state index is -0.276. The molecule has 1 aliphatic heterocycles. The van der Waals surface area contributed by atoms with Gasteiger partial charge in [0.1, 0.15) is 17.2 Å². The molecular formula is C18H18FN3O. The third kappa shape index (κ3) is 2.47. The summed E-state index contributed by atoms with van der Waals surface area (Å²) in [7, 11) is 1.60. The number of methoxy groups -OCH3 is 1. The van der Waals surface area contributed by atoms with E-state index in [4.69, 9.17) is 4.74 Å². The Balaban J connectivity index is 1.88. The molecule has 3 aromatic rings. The zero-order chi connectivity index (χ0) is 15.8. The summed E-state index contributed by atoms with van der Waals surface area (Å²) in [6.07, 6.45) is 2.86. The van der Waals surface area contributed by atoms with Gasteiger partial charge in [-0.2, -0.15) is 0 Å². The van der Waals surface area contributed by atoms with Crippen LogP contribution < -0.4 is 10.1 Å². The number of pyridine rings is 1. The molecule has 5 heteroatoms. The largest absolute Gasteiger partial charge is 0.496 e. The topological polar surface area (TPSA) is 49.9 Å². The van der Waals surface area contributed by atoms with Gasteiger partial charge in [0, 0.05) is 35.3 Å². The highest BCUT2D eigenvalue weighted by Crippen LogP contribution is 2.36. The molecule has 0 amide bonds. The standard InChI is InChI=1S/C18H18FN3O/c1-23-17-3-2-12(19)8-14(17)13-5-7-21-18-15(13)9-16(22-18)11-4-6-20-10-11/h2-3,5,7-9,11,20H,4,6,10H2,1H3,(H,21,22)/t11-/m0/s1. The first kappa shape index (κ1) is 14.2. The molecule has 0 radical (unpaired) electrons. The number of benzene rings is 1. The van der Waals surface area contributed by atoms with E-state index in [0.29, 0.717) is 11.7 Å². The maximum absolute atomic E-state index is 13.7. The Morgan fingerprint density at radius 1 is 1.22 bits per heavy atom. The first-order valence-corrected chi connectivity index (χ1v) is 7.78. The summed E-state index contributed by atoms with van der Waals surface area (Å²) in [5, 5.41) is 4.38.